The van der Waals surface area contributed by atoms with Crippen molar-refractivity contribution in [2.24, 2.45) is 0 Å². The molecule has 2 rings (SSSR count). The molecule has 0 unspecified atom stereocenters. The number of aryl methyl sites for hydroxylation is 2. The minimum atomic E-state index is 0.363. The highest BCUT2D eigenvalue weighted by molar-refractivity contribution is 7.17. The van der Waals surface area contributed by atoms with Crippen LogP contribution in [0, 0.1) is 13.8 Å². The minimum absolute atomic E-state index is 0.363. The van der Waals surface area contributed by atoms with Gasteiger partial charge in [-0.3, -0.25) is 0 Å². The molecule has 1 heterocycles. The fourth-order valence-corrected chi connectivity index (χ4v) is 2.43. The molecule has 0 saturated carbocycles. The van der Waals surface area contributed by atoms with Crippen molar-refractivity contribution in [1.29, 1.82) is 0 Å². The highest BCUT2D eigenvalue weighted by atomic mass is 32.1. The molecular weight excluding hydrogens is 168 g/mol. The van der Waals surface area contributed by atoms with Gasteiger partial charge in [0.2, 0.25) is 0 Å². The van der Waals surface area contributed by atoms with Crippen molar-refractivity contribution in [2.45, 2.75) is 13.8 Å². The van der Waals surface area contributed by atoms with Gasteiger partial charge in [0.25, 0.3) is 0 Å². The largest absolute Gasteiger partial charge is 0.508 e. The SMILES string of the molecule is Cc1csc2c(C)cc(O)cc12. The Morgan fingerprint density at radius 2 is 1.92 bits per heavy atom. The molecule has 0 saturated heterocycles. The predicted molar refractivity (Wildman–Crippen MR) is 53.0 cm³/mol. The molecule has 0 spiro atoms. The third-order valence-electron chi connectivity index (χ3n) is 2.04. The van der Waals surface area contributed by atoms with Crippen molar-refractivity contribution in [3.8, 4) is 5.75 Å². The molecule has 12 heavy (non-hydrogen) atoms. The van der Waals surface area contributed by atoms with E-state index in [4.69, 9.17) is 0 Å². The van der Waals surface area contributed by atoms with Crippen LogP contribution in [-0.4, -0.2) is 5.11 Å². The molecule has 1 aromatic carbocycles. The topological polar surface area (TPSA) is 20.2 Å². The number of rotatable bonds is 0. The van der Waals surface area contributed by atoms with Crippen LogP contribution in [0.5, 0.6) is 5.75 Å². The maximum Gasteiger partial charge on any atom is 0.116 e. The maximum atomic E-state index is 9.36. The van der Waals surface area contributed by atoms with Crippen LogP contribution < -0.4 is 0 Å². The van der Waals surface area contributed by atoms with Gasteiger partial charge in [-0.05, 0) is 47.9 Å². The first-order chi connectivity index (χ1) is 5.68. The number of phenolic OH excluding ortho intramolecular Hbond substituents is 1. The number of hydrogen-bond acceptors (Lipinski definition) is 2. The Morgan fingerprint density at radius 3 is 2.67 bits per heavy atom. The summed E-state index contributed by atoms with van der Waals surface area (Å²) < 4.78 is 1.28. The Hall–Kier alpha value is -1.02. The summed E-state index contributed by atoms with van der Waals surface area (Å²) in [7, 11) is 0. The average molecular weight is 178 g/mol. The smallest absolute Gasteiger partial charge is 0.116 e. The Bertz CT molecular complexity index is 429. The van der Waals surface area contributed by atoms with Crippen LogP contribution in [0.15, 0.2) is 17.5 Å². The molecule has 0 aliphatic carbocycles. The van der Waals surface area contributed by atoms with Crippen molar-refractivity contribution in [1.82, 2.24) is 0 Å². The van der Waals surface area contributed by atoms with Crippen molar-refractivity contribution < 1.29 is 5.11 Å². The van der Waals surface area contributed by atoms with Crippen molar-refractivity contribution in [3.63, 3.8) is 0 Å². The molecule has 62 valence electrons. The maximum absolute atomic E-state index is 9.36. The van der Waals surface area contributed by atoms with Gasteiger partial charge in [-0.1, -0.05) is 0 Å². The monoisotopic (exact) mass is 178 g/mol. The van der Waals surface area contributed by atoms with E-state index in [1.165, 1.54) is 15.6 Å². The van der Waals surface area contributed by atoms with E-state index in [1.807, 2.05) is 13.0 Å². The predicted octanol–water partition coefficient (Wildman–Crippen LogP) is 3.22. The molecule has 0 aliphatic rings. The first-order valence-electron chi connectivity index (χ1n) is 3.86. The summed E-state index contributed by atoms with van der Waals surface area (Å²) in [5.74, 6) is 0.363. The van der Waals surface area contributed by atoms with Crippen LogP contribution in [-0.2, 0) is 0 Å². The van der Waals surface area contributed by atoms with Crippen molar-refractivity contribution in [3.05, 3.63) is 28.6 Å². The van der Waals surface area contributed by atoms with Crippen LogP contribution >= 0.6 is 11.3 Å². The number of benzene rings is 1. The van der Waals surface area contributed by atoms with E-state index in [0.29, 0.717) is 5.75 Å². The zero-order valence-corrected chi connectivity index (χ0v) is 7.90. The fraction of sp³-hybridized carbons (Fsp3) is 0.200. The Balaban J connectivity index is 2.92. The summed E-state index contributed by atoms with van der Waals surface area (Å²) in [5.41, 5.74) is 2.40. The molecule has 1 nitrogen and oxygen atoms in total. The molecule has 0 bridgehead atoms. The second-order valence-electron chi connectivity index (χ2n) is 3.06. The molecule has 0 radical (unpaired) electrons. The normalized spacial score (nSPS) is 10.8. The number of aromatic hydroxyl groups is 1. The van der Waals surface area contributed by atoms with Gasteiger partial charge in [0, 0.05) is 4.70 Å². The Kier molecular flexibility index (Phi) is 1.58. The minimum Gasteiger partial charge on any atom is -0.508 e. The summed E-state index contributed by atoms with van der Waals surface area (Å²) in [4.78, 5) is 0. The highest BCUT2D eigenvalue weighted by Gasteiger charge is 2.03. The Labute approximate surface area is 75.3 Å². The number of phenols is 1. The van der Waals surface area contributed by atoms with Gasteiger partial charge in [0.05, 0.1) is 0 Å². The van der Waals surface area contributed by atoms with Gasteiger partial charge in [-0.25, -0.2) is 0 Å². The fourth-order valence-electron chi connectivity index (χ4n) is 1.42. The van der Waals surface area contributed by atoms with Gasteiger partial charge >= 0.3 is 0 Å². The molecule has 1 aromatic heterocycles. The van der Waals surface area contributed by atoms with E-state index in [0.717, 1.165) is 5.56 Å². The third kappa shape index (κ3) is 0.994. The first kappa shape index (κ1) is 7.62. The quantitative estimate of drug-likeness (QED) is 0.656. The molecule has 0 fully saturated rings. The van der Waals surface area contributed by atoms with Gasteiger partial charge in [-0.15, -0.1) is 11.3 Å². The molecule has 1 N–H and O–H groups in total. The van der Waals surface area contributed by atoms with Gasteiger partial charge in [-0.2, -0.15) is 0 Å². The highest BCUT2D eigenvalue weighted by Crippen LogP contribution is 2.31. The van der Waals surface area contributed by atoms with Crippen molar-refractivity contribution >= 4 is 21.4 Å². The van der Waals surface area contributed by atoms with Gasteiger partial charge < -0.3 is 5.11 Å². The van der Waals surface area contributed by atoms with Crippen LogP contribution in [0.4, 0.5) is 0 Å². The van der Waals surface area contributed by atoms with Crippen LogP contribution in [0.1, 0.15) is 11.1 Å². The molecule has 2 heteroatoms. The summed E-state index contributed by atoms with van der Waals surface area (Å²) >= 11 is 1.74. The lowest BCUT2D eigenvalue weighted by atomic mass is 10.1. The van der Waals surface area contributed by atoms with Crippen molar-refractivity contribution in [2.75, 3.05) is 0 Å². The van der Waals surface area contributed by atoms with E-state index in [2.05, 4.69) is 12.3 Å². The Morgan fingerprint density at radius 1 is 1.17 bits per heavy atom. The molecule has 0 aliphatic heterocycles. The standard InChI is InChI=1S/C10H10OS/c1-6-3-8(11)4-9-7(2)5-12-10(6)9/h3-5,11H,1-2H3. The first-order valence-corrected chi connectivity index (χ1v) is 4.74. The summed E-state index contributed by atoms with van der Waals surface area (Å²) in [6.07, 6.45) is 0. The van der Waals surface area contributed by atoms with Crippen LogP contribution in [0.3, 0.4) is 0 Å². The summed E-state index contributed by atoms with van der Waals surface area (Å²) in [6.45, 7) is 4.09. The van der Waals surface area contributed by atoms with E-state index < -0.39 is 0 Å². The van der Waals surface area contributed by atoms with Crippen LogP contribution in [0.2, 0.25) is 0 Å². The number of thiophene rings is 1. The van der Waals surface area contributed by atoms with Gasteiger partial charge in [0.1, 0.15) is 5.75 Å². The van der Waals surface area contributed by atoms with Gasteiger partial charge in [0.15, 0.2) is 0 Å². The van der Waals surface area contributed by atoms with E-state index in [-0.39, 0.29) is 0 Å². The van der Waals surface area contributed by atoms with E-state index in [9.17, 15) is 5.11 Å². The second kappa shape index (κ2) is 2.49. The van der Waals surface area contributed by atoms with E-state index >= 15 is 0 Å². The second-order valence-corrected chi connectivity index (χ2v) is 3.94. The summed E-state index contributed by atoms with van der Waals surface area (Å²) in [6, 6.07) is 3.63. The molecule has 0 atom stereocenters. The molecule has 0 amide bonds. The lowest BCUT2D eigenvalue weighted by Crippen LogP contribution is -1.73. The summed E-state index contributed by atoms with van der Waals surface area (Å²) in [5, 5.41) is 12.7. The van der Waals surface area contributed by atoms with Crippen LogP contribution in [0.25, 0.3) is 10.1 Å². The number of fused-ring (bicyclic) bond motifs is 1. The lowest BCUT2D eigenvalue weighted by Gasteiger charge is -1.97. The molecule has 2 aromatic rings. The zero-order chi connectivity index (χ0) is 8.72. The third-order valence-corrected chi connectivity index (χ3v) is 3.29. The lowest BCUT2D eigenvalue weighted by molar-refractivity contribution is 0.476. The number of hydrogen-bond donors (Lipinski definition) is 1. The average Bonchev–Trinajstić information content (AvgIpc) is 2.33. The van der Waals surface area contributed by atoms with E-state index in [1.54, 1.807) is 17.4 Å². The molecular formula is C10H10OS. The zero-order valence-electron chi connectivity index (χ0n) is 7.09.